The van der Waals surface area contributed by atoms with Gasteiger partial charge >= 0.3 is 0 Å². The Labute approximate surface area is 93.2 Å². The van der Waals surface area contributed by atoms with Crippen molar-refractivity contribution in [2.75, 3.05) is 0 Å². The number of hydrogen-bond acceptors (Lipinski definition) is 2. The number of hydrogen-bond donors (Lipinski definition) is 1. The zero-order valence-corrected chi connectivity index (χ0v) is 10.4. The molecule has 0 spiro atoms. The molecular formula is C9H8Br2O2. The molecule has 0 aliphatic rings. The van der Waals surface area contributed by atoms with Crippen molar-refractivity contribution in [3.05, 3.63) is 25.6 Å². The molecule has 0 atom stereocenters. The summed E-state index contributed by atoms with van der Waals surface area (Å²) in [7, 11) is 0. The van der Waals surface area contributed by atoms with Gasteiger partial charge < -0.3 is 5.11 Å². The summed E-state index contributed by atoms with van der Waals surface area (Å²) in [5.74, 6) is 0.00759. The molecule has 0 fully saturated rings. The highest BCUT2D eigenvalue weighted by Gasteiger charge is 2.15. The van der Waals surface area contributed by atoms with Gasteiger partial charge in [0.1, 0.15) is 5.75 Å². The topological polar surface area (TPSA) is 37.3 Å². The molecule has 0 saturated carbocycles. The molecule has 4 heteroatoms. The third kappa shape index (κ3) is 1.65. The standard InChI is InChI=1S/C9H8Br2O2/c1-4-6(3-12)9(13)8(11)5(2)7(4)10/h3,13H,1-2H3. The maximum absolute atomic E-state index is 10.7. The van der Waals surface area contributed by atoms with Crippen molar-refractivity contribution in [2.45, 2.75) is 13.8 Å². The smallest absolute Gasteiger partial charge is 0.154 e. The highest BCUT2D eigenvalue weighted by Crippen LogP contribution is 2.38. The molecule has 13 heavy (non-hydrogen) atoms. The lowest BCUT2D eigenvalue weighted by molar-refractivity contribution is 0.112. The summed E-state index contributed by atoms with van der Waals surface area (Å²) in [5, 5.41) is 9.58. The number of carbonyl (C=O) groups is 1. The van der Waals surface area contributed by atoms with Crippen molar-refractivity contribution >= 4 is 38.1 Å². The second-order valence-electron chi connectivity index (χ2n) is 2.76. The third-order valence-electron chi connectivity index (χ3n) is 1.97. The summed E-state index contributed by atoms with van der Waals surface area (Å²) in [6.45, 7) is 3.64. The molecule has 0 bridgehead atoms. The third-order valence-corrected chi connectivity index (χ3v) is 4.13. The summed E-state index contributed by atoms with van der Waals surface area (Å²) in [6.07, 6.45) is 0.652. The molecule has 0 unspecified atom stereocenters. The van der Waals surface area contributed by atoms with Crippen molar-refractivity contribution < 1.29 is 9.90 Å². The van der Waals surface area contributed by atoms with Gasteiger partial charge in [-0.05, 0) is 40.9 Å². The van der Waals surface area contributed by atoms with Crippen LogP contribution in [-0.4, -0.2) is 11.4 Å². The number of benzene rings is 1. The Hall–Kier alpha value is -0.350. The first-order valence-corrected chi connectivity index (χ1v) is 5.21. The highest BCUT2D eigenvalue weighted by atomic mass is 79.9. The summed E-state index contributed by atoms with van der Waals surface area (Å²) >= 11 is 6.57. The van der Waals surface area contributed by atoms with Crippen LogP contribution < -0.4 is 0 Å². The minimum atomic E-state index is 0.00759. The van der Waals surface area contributed by atoms with Gasteiger partial charge in [0, 0.05) is 4.47 Å². The molecule has 0 heterocycles. The number of aromatic hydroxyl groups is 1. The zero-order chi connectivity index (χ0) is 10.2. The molecule has 0 aliphatic heterocycles. The Kier molecular flexibility index (Phi) is 3.14. The van der Waals surface area contributed by atoms with Crippen molar-refractivity contribution in [1.82, 2.24) is 0 Å². The van der Waals surface area contributed by atoms with Crippen LogP contribution in [0.2, 0.25) is 0 Å². The molecule has 0 aliphatic carbocycles. The number of rotatable bonds is 1. The lowest BCUT2D eigenvalue weighted by Crippen LogP contribution is -1.93. The average molecular weight is 308 g/mol. The predicted octanol–water partition coefficient (Wildman–Crippen LogP) is 3.35. The summed E-state index contributed by atoms with van der Waals surface area (Å²) in [5.41, 5.74) is 1.97. The van der Waals surface area contributed by atoms with E-state index in [2.05, 4.69) is 31.9 Å². The molecular weight excluding hydrogens is 300 g/mol. The molecule has 0 aromatic heterocycles. The van der Waals surface area contributed by atoms with E-state index < -0.39 is 0 Å². The van der Waals surface area contributed by atoms with Gasteiger partial charge in [0.25, 0.3) is 0 Å². The lowest BCUT2D eigenvalue weighted by atomic mass is 10.1. The number of phenolic OH excluding ortho intramolecular Hbond substituents is 1. The van der Waals surface area contributed by atoms with Crippen molar-refractivity contribution in [2.24, 2.45) is 0 Å². The van der Waals surface area contributed by atoms with E-state index >= 15 is 0 Å². The van der Waals surface area contributed by atoms with Crippen LogP contribution in [0.25, 0.3) is 0 Å². The van der Waals surface area contributed by atoms with Gasteiger partial charge in [0.2, 0.25) is 0 Å². The van der Waals surface area contributed by atoms with Crippen LogP contribution in [0, 0.1) is 13.8 Å². The van der Waals surface area contributed by atoms with Crippen LogP contribution in [0.3, 0.4) is 0 Å². The molecule has 1 N–H and O–H groups in total. The first-order valence-electron chi connectivity index (χ1n) is 3.63. The predicted molar refractivity (Wildman–Crippen MR) is 58.4 cm³/mol. The van der Waals surface area contributed by atoms with Crippen molar-refractivity contribution in [3.63, 3.8) is 0 Å². The molecule has 1 aromatic rings. The SMILES string of the molecule is Cc1c(Br)c(C)c(C=O)c(O)c1Br. The zero-order valence-electron chi connectivity index (χ0n) is 7.19. The van der Waals surface area contributed by atoms with Crippen LogP contribution in [0.4, 0.5) is 0 Å². The van der Waals surface area contributed by atoms with E-state index in [0.717, 1.165) is 15.6 Å². The monoisotopic (exact) mass is 306 g/mol. The molecule has 2 nitrogen and oxygen atoms in total. The summed E-state index contributed by atoms with van der Waals surface area (Å²) in [6, 6.07) is 0. The van der Waals surface area contributed by atoms with E-state index in [0.29, 0.717) is 16.3 Å². The van der Waals surface area contributed by atoms with E-state index in [-0.39, 0.29) is 5.75 Å². The number of phenols is 1. The van der Waals surface area contributed by atoms with Crippen LogP contribution in [0.1, 0.15) is 21.5 Å². The molecule has 0 amide bonds. The van der Waals surface area contributed by atoms with Crippen LogP contribution >= 0.6 is 31.9 Å². The van der Waals surface area contributed by atoms with Crippen molar-refractivity contribution in [3.8, 4) is 5.75 Å². The molecule has 0 saturated heterocycles. The fraction of sp³-hybridized carbons (Fsp3) is 0.222. The Bertz CT molecular complexity index is 343. The van der Waals surface area contributed by atoms with E-state index in [4.69, 9.17) is 0 Å². The van der Waals surface area contributed by atoms with Crippen molar-refractivity contribution in [1.29, 1.82) is 0 Å². The van der Waals surface area contributed by atoms with E-state index in [1.54, 1.807) is 6.92 Å². The Morgan fingerprint density at radius 3 is 2.15 bits per heavy atom. The van der Waals surface area contributed by atoms with Gasteiger partial charge in [-0.15, -0.1) is 0 Å². The second-order valence-corrected chi connectivity index (χ2v) is 4.34. The van der Waals surface area contributed by atoms with Gasteiger partial charge in [-0.25, -0.2) is 0 Å². The van der Waals surface area contributed by atoms with Crippen LogP contribution in [-0.2, 0) is 0 Å². The van der Waals surface area contributed by atoms with Gasteiger partial charge in [-0.3, -0.25) is 4.79 Å². The van der Waals surface area contributed by atoms with Gasteiger partial charge in [-0.1, -0.05) is 15.9 Å². The number of halogens is 2. The lowest BCUT2D eigenvalue weighted by Gasteiger charge is -2.10. The fourth-order valence-electron chi connectivity index (χ4n) is 1.11. The fourth-order valence-corrected chi connectivity index (χ4v) is 2.20. The minimum absolute atomic E-state index is 0.00759. The summed E-state index contributed by atoms with van der Waals surface area (Å²) < 4.78 is 1.41. The van der Waals surface area contributed by atoms with Crippen LogP contribution in [0.5, 0.6) is 5.75 Å². The largest absolute Gasteiger partial charge is 0.506 e. The van der Waals surface area contributed by atoms with Gasteiger partial charge in [-0.2, -0.15) is 0 Å². The molecule has 1 aromatic carbocycles. The quantitative estimate of drug-likeness (QED) is 0.808. The maximum Gasteiger partial charge on any atom is 0.154 e. The second kappa shape index (κ2) is 3.80. The Balaban J connectivity index is 3.66. The van der Waals surface area contributed by atoms with E-state index in [9.17, 15) is 9.90 Å². The van der Waals surface area contributed by atoms with Gasteiger partial charge in [0.15, 0.2) is 6.29 Å². The first kappa shape index (κ1) is 10.7. The number of aldehydes is 1. The number of carbonyl (C=O) groups excluding carboxylic acids is 1. The molecule has 1 rings (SSSR count). The highest BCUT2D eigenvalue weighted by molar-refractivity contribution is 9.11. The van der Waals surface area contributed by atoms with E-state index in [1.165, 1.54) is 0 Å². The summed E-state index contributed by atoms with van der Waals surface area (Å²) in [4.78, 5) is 10.7. The molecule has 0 radical (unpaired) electrons. The Morgan fingerprint density at radius 2 is 1.69 bits per heavy atom. The van der Waals surface area contributed by atoms with Gasteiger partial charge in [0.05, 0.1) is 10.0 Å². The first-order chi connectivity index (χ1) is 6.00. The Morgan fingerprint density at radius 1 is 1.15 bits per heavy atom. The normalized spacial score (nSPS) is 10.2. The maximum atomic E-state index is 10.7. The average Bonchev–Trinajstić information content (AvgIpc) is 2.13. The molecule has 70 valence electrons. The van der Waals surface area contributed by atoms with E-state index in [1.807, 2.05) is 6.92 Å². The minimum Gasteiger partial charge on any atom is -0.506 e. The van der Waals surface area contributed by atoms with Crippen LogP contribution in [0.15, 0.2) is 8.95 Å².